The molecule has 1 atom stereocenters. The van der Waals surface area contributed by atoms with Crippen LogP contribution in [-0.4, -0.2) is 30.3 Å². The van der Waals surface area contributed by atoms with Gasteiger partial charge in [0.1, 0.15) is 5.88 Å². The molecule has 4 nitrogen and oxygen atoms in total. The summed E-state index contributed by atoms with van der Waals surface area (Å²) in [6, 6.07) is 0.207. The lowest BCUT2D eigenvalue weighted by Crippen LogP contribution is -2.36. The van der Waals surface area contributed by atoms with Gasteiger partial charge in [-0.05, 0) is 25.7 Å². The molecule has 0 aliphatic carbocycles. The third-order valence-corrected chi connectivity index (χ3v) is 2.91. The van der Waals surface area contributed by atoms with Gasteiger partial charge in [-0.3, -0.25) is 9.59 Å². The quantitative estimate of drug-likeness (QED) is 0.516. The van der Waals surface area contributed by atoms with E-state index in [1.165, 1.54) is 0 Å². The van der Waals surface area contributed by atoms with E-state index in [-0.39, 0.29) is 23.7 Å². The molecule has 17 heavy (non-hydrogen) atoms. The van der Waals surface area contributed by atoms with Crippen LogP contribution in [-0.2, 0) is 9.59 Å². The van der Waals surface area contributed by atoms with Crippen LogP contribution in [0.5, 0.6) is 0 Å². The van der Waals surface area contributed by atoms with Crippen LogP contribution in [0.25, 0.3) is 0 Å². The minimum atomic E-state index is -0.162. The Morgan fingerprint density at radius 2 is 1.76 bits per heavy atom. The molecule has 0 aromatic carbocycles. The second-order valence-corrected chi connectivity index (χ2v) is 4.81. The summed E-state index contributed by atoms with van der Waals surface area (Å²) in [6.45, 7) is 6.74. The molecule has 0 rings (SSSR count). The lowest BCUT2D eigenvalue weighted by Gasteiger charge is -2.17. The number of carbonyl (C=O) groups excluding carboxylic acids is 2. The zero-order chi connectivity index (χ0) is 13.3. The molecule has 0 heterocycles. The molecule has 0 bridgehead atoms. The first kappa shape index (κ1) is 16.2. The number of nitrogens with one attached hydrogen (secondary N) is 2. The summed E-state index contributed by atoms with van der Waals surface area (Å²) >= 11 is 5.33. The maximum absolute atomic E-state index is 11.5. The zero-order valence-corrected chi connectivity index (χ0v) is 11.6. The molecule has 2 amide bonds. The second-order valence-electron chi connectivity index (χ2n) is 4.54. The first-order chi connectivity index (χ1) is 7.97. The Morgan fingerprint density at radius 1 is 1.12 bits per heavy atom. The normalized spacial score (nSPS) is 12.3. The van der Waals surface area contributed by atoms with Gasteiger partial charge in [-0.25, -0.2) is 0 Å². The van der Waals surface area contributed by atoms with Crippen molar-refractivity contribution in [2.75, 3.05) is 12.4 Å². The lowest BCUT2D eigenvalue weighted by molar-refractivity contribution is -0.122. The fraction of sp³-hybridized carbons (Fsp3) is 0.833. The molecule has 0 aromatic heterocycles. The lowest BCUT2D eigenvalue weighted by atomic mass is 10.1. The van der Waals surface area contributed by atoms with E-state index in [1.807, 2.05) is 6.92 Å². The Balaban J connectivity index is 3.49. The van der Waals surface area contributed by atoms with Crippen molar-refractivity contribution in [2.45, 2.75) is 46.1 Å². The molecule has 0 saturated heterocycles. The van der Waals surface area contributed by atoms with E-state index in [1.54, 1.807) is 0 Å². The molecular weight excluding hydrogens is 240 g/mol. The summed E-state index contributed by atoms with van der Waals surface area (Å²) in [7, 11) is 0. The fourth-order valence-electron chi connectivity index (χ4n) is 1.18. The van der Waals surface area contributed by atoms with Gasteiger partial charge < -0.3 is 10.6 Å². The molecular formula is C12H23ClN2O2. The van der Waals surface area contributed by atoms with E-state index in [0.29, 0.717) is 18.9 Å². The summed E-state index contributed by atoms with van der Waals surface area (Å²) < 4.78 is 0. The van der Waals surface area contributed by atoms with Crippen LogP contribution < -0.4 is 10.6 Å². The Bertz CT molecular complexity index is 245. The number of amides is 2. The second kappa shape index (κ2) is 9.28. The molecule has 0 spiro atoms. The van der Waals surface area contributed by atoms with Crippen molar-refractivity contribution in [3.63, 3.8) is 0 Å². The van der Waals surface area contributed by atoms with Crippen molar-refractivity contribution >= 4 is 23.4 Å². The zero-order valence-electron chi connectivity index (χ0n) is 10.9. The number of rotatable bonds is 8. The maximum atomic E-state index is 11.5. The molecule has 0 saturated carbocycles. The van der Waals surface area contributed by atoms with E-state index < -0.39 is 0 Å². The molecule has 0 aromatic rings. The smallest absolute Gasteiger partial charge is 0.234 e. The predicted octanol–water partition coefficient (Wildman–Crippen LogP) is 1.67. The molecule has 2 N–H and O–H groups in total. The van der Waals surface area contributed by atoms with Gasteiger partial charge in [0, 0.05) is 19.0 Å². The highest BCUT2D eigenvalue weighted by Gasteiger charge is 2.09. The fourth-order valence-corrected chi connectivity index (χ4v) is 1.27. The monoisotopic (exact) mass is 262 g/mol. The average molecular weight is 263 g/mol. The first-order valence-electron chi connectivity index (χ1n) is 6.09. The molecule has 0 fully saturated rings. The minimum absolute atomic E-state index is 0.00755. The maximum Gasteiger partial charge on any atom is 0.234 e. The molecule has 0 radical (unpaired) electrons. The number of hydrogen-bond acceptors (Lipinski definition) is 2. The number of carbonyl (C=O) groups is 2. The van der Waals surface area contributed by atoms with Gasteiger partial charge in [0.2, 0.25) is 11.8 Å². The summed E-state index contributed by atoms with van der Waals surface area (Å²) in [4.78, 5) is 22.3. The van der Waals surface area contributed by atoms with Gasteiger partial charge in [0.25, 0.3) is 0 Å². The van der Waals surface area contributed by atoms with Crippen LogP contribution in [0.3, 0.4) is 0 Å². The van der Waals surface area contributed by atoms with Crippen LogP contribution in [0.1, 0.15) is 40.0 Å². The number of halogens is 1. The third kappa shape index (κ3) is 8.98. The standard InChI is InChI=1S/C12H23ClN2O2/c1-9(2)10(3)15-11(16)6-4-5-7-14-12(17)8-13/h9-10H,4-8H2,1-3H3,(H,14,17)(H,15,16). The van der Waals surface area contributed by atoms with E-state index >= 15 is 0 Å². The van der Waals surface area contributed by atoms with Crippen molar-refractivity contribution < 1.29 is 9.59 Å². The van der Waals surface area contributed by atoms with Crippen LogP contribution in [0.2, 0.25) is 0 Å². The van der Waals surface area contributed by atoms with Crippen LogP contribution in [0.15, 0.2) is 0 Å². The Hall–Kier alpha value is -0.770. The van der Waals surface area contributed by atoms with Crippen molar-refractivity contribution in [1.29, 1.82) is 0 Å². The first-order valence-corrected chi connectivity index (χ1v) is 6.62. The highest BCUT2D eigenvalue weighted by Crippen LogP contribution is 2.01. The Morgan fingerprint density at radius 3 is 2.29 bits per heavy atom. The van der Waals surface area contributed by atoms with Crippen molar-refractivity contribution in [3.05, 3.63) is 0 Å². The Kier molecular flexibility index (Phi) is 8.86. The average Bonchev–Trinajstić information content (AvgIpc) is 2.27. The van der Waals surface area contributed by atoms with Gasteiger partial charge in [0.05, 0.1) is 0 Å². The number of alkyl halides is 1. The summed E-state index contributed by atoms with van der Waals surface area (Å²) in [5, 5.41) is 5.61. The number of unbranched alkanes of at least 4 members (excludes halogenated alkanes) is 1. The minimum Gasteiger partial charge on any atom is -0.355 e. The SMILES string of the molecule is CC(C)C(C)NC(=O)CCCCNC(=O)CCl. The summed E-state index contributed by atoms with van der Waals surface area (Å²) in [5.74, 6) is 0.355. The van der Waals surface area contributed by atoms with Gasteiger partial charge in [-0.2, -0.15) is 0 Å². The van der Waals surface area contributed by atoms with E-state index in [9.17, 15) is 9.59 Å². The molecule has 1 unspecified atom stereocenters. The molecule has 0 aliphatic heterocycles. The van der Waals surface area contributed by atoms with Crippen molar-refractivity contribution in [1.82, 2.24) is 10.6 Å². The van der Waals surface area contributed by atoms with E-state index in [4.69, 9.17) is 11.6 Å². The number of hydrogen-bond donors (Lipinski definition) is 2. The van der Waals surface area contributed by atoms with E-state index in [2.05, 4.69) is 24.5 Å². The van der Waals surface area contributed by atoms with Crippen molar-refractivity contribution in [3.8, 4) is 0 Å². The summed E-state index contributed by atoms with van der Waals surface area (Å²) in [5.41, 5.74) is 0. The van der Waals surface area contributed by atoms with Gasteiger partial charge in [-0.15, -0.1) is 11.6 Å². The molecule has 5 heteroatoms. The van der Waals surface area contributed by atoms with Crippen LogP contribution in [0.4, 0.5) is 0 Å². The third-order valence-electron chi connectivity index (χ3n) is 2.66. The topological polar surface area (TPSA) is 58.2 Å². The van der Waals surface area contributed by atoms with E-state index in [0.717, 1.165) is 12.8 Å². The van der Waals surface area contributed by atoms with Crippen LogP contribution >= 0.6 is 11.6 Å². The van der Waals surface area contributed by atoms with Gasteiger partial charge >= 0.3 is 0 Å². The predicted molar refractivity (Wildman–Crippen MR) is 70.0 cm³/mol. The van der Waals surface area contributed by atoms with Crippen LogP contribution in [0, 0.1) is 5.92 Å². The largest absolute Gasteiger partial charge is 0.355 e. The summed E-state index contributed by atoms with van der Waals surface area (Å²) in [6.07, 6.45) is 2.08. The molecule has 0 aliphatic rings. The van der Waals surface area contributed by atoms with Crippen molar-refractivity contribution in [2.24, 2.45) is 5.92 Å². The molecule has 100 valence electrons. The highest BCUT2D eigenvalue weighted by atomic mass is 35.5. The van der Waals surface area contributed by atoms with Gasteiger partial charge in [-0.1, -0.05) is 13.8 Å². The Labute approximate surface area is 108 Å². The highest BCUT2D eigenvalue weighted by molar-refractivity contribution is 6.27. The van der Waals surface area contributed by atoms with Gasteiger partial charge in [0.15, 0.2) is 0 Å².